The second kappa shape index (κ2) is 8.18. The van der Waals surface area contributed by atoms with E-state index in [0.29, 0.717) is 6.61 Å². The van der Waals surface area contributed by atoms with E-state index >= 15 is 0 Å². The molecule has 32 heavy (non-hydrogen) atoms. The Bertz CT molecular complexity index is 1130. The summed E-state index contributed by atoms with van der Waals surface area (Å²) in [5, 5.41) is 3.95. The number of nitrogens with one attached hydrogen (secondary N) is 1. The number of carbonyl (C=O) groups is 2. The van der Waals surface area contributed by atoms with Crippen LogP contribution in [-0.4, -0.2) is 46.5 Å². The molecular formula is C24H26N4O3S. The number of thiazole rings is 1. The standard InChI is InChI=1S/C24H26N4O3S/c1-3-31-17-12-10-16(11-13-17)24(2)22(29)28(23(30)26-24)15-27-14-6-8-19(27)21-25-18-7-4-5-9-20(18)32-21/h4-5,7,9-13,19H,3,6,8,14-15H2,1-2H3,(H,26,30). The van der Waals surface area contributed by atoms with Crippen LogP contribution in [0.4, 0.5) is 4.79 Å². The van der Waals surface area contributed by atoms with Crippen molar-refractivity contribution in [3.63, 3.8) is 0 Å². The van der Waals surface area contributed by atoms with Gasteiger partial charge in [-0.25, -0.2) is 14.7 Å². The highest BCUT2D eigenvalue weighted by Gasteiger charge is 2.50. The molecule has 166 valence electrons. The zero-order valence-corrected chi connectivity index (χ0v) is 19.0. The average Bonchev–Trinajstić information content (AvgIpc) is 3.48. The average molecular weight is 451 g/mol. The lowest BCUT2D eigenvalue weighted by Gasteiger charge is -2.27. The largest absolute Gasteiger partial charge is 0.494 e. The molecule has 3 amide bonds. The van der Waals surface area contributed by atoms with Crippen LogP contribution >= 0.6 is 11.3 Å². The summed E-state index contributed by atoms with van der Waals surface area (Å²) in [5.74, 6) is 0.505. The van der Waals surface area contributed by atoms with E-state index in [-0.39, 0.29) is 24.6 Å². The summed E-state index contributed by atoms with van der Waals surface area (Å²) in [7, 11) is 0. The maximum absolute atomic E-state index is 13.4. The normalized spacial score (nSPS) is 23.8. The van der Waals surface area contributed by atoms with Gasteiger partial charge in [-0.05, 0) is 56.5 Å². The number of para-hydroxylation sites is 1. The molecule has 5 rings (SSSR count). The van der Waals surface area contributed by atoms with Crippen LogP contribution in [0.5, 0.6) is 5.75 Å². The summed E-state index contributed by atoms with van der Waals surface area (Å²) >= 11 is 1.69. The lowest BCUT2D eigenvalue weighted by atomic mass is 9.92. The van der Waals surface area contributed by atoms with Gasteiger partial charge in [-0.3, -0.25) is 9.69 Å². The van der Waals surface area contributed by atoms with Crippen LogP contribution in [-0.2, 0) is 10.3 Å². The molecule has 1 N–H and O–H groups in total. The number of imide groups is 1. The molecule has 3 heterocycles. The Morgan fingerprint density at radius 2 is 1.97 bits per heavy atom. The zero-order chi connectivity index (χ0) is 22.3. The number of ether oxygens (including phenoxy) is 1. The molecule has 2 aliphatic heterocycles. The van der Waals surface area contributed by atoms with Crippen molar-refractivity contribution < 1.29 is 14.3 Å². The monoisotopic (exact) mass is 450 g/mol. The van der Waals surface area contributed by atoms with Crippen LogP contribution in [0.15, 0.2) is 48.5 Å². The van der Waals surface area contributed by atoms with E-state index in [1.54, 1.807) is 18.3 Å². The Morgan fingerprint density at radius 1 is 1.19 bits per heavy atom. The van der Waals surface area contributed by atoms with Gasteiger partial charge in [0.2, 0.25) is 0 Å². The smallest absolute Gasteiger partial charge is 0.326 e. The SMILES string of the molecule is CCOc1ccc(C2(C)NC(=O)N(CN3CCCC3c3nc4ccccc4s3)C2=O)cc1. The maximum Gasteiger partial charge on any atom is 0.326 e. The van der Waals surface area contributed by atoms with E-state index in [0.717, 1.165) is 45.9 Å². The second-order valence-corrected chi connectivity index (χ2v) is 9.44. The van der Waals surface area contributed by atoms with Gasteiger partial charge < -0.3 is 10.1 Å². The number of urea groups is 1. The highest BCUT2D eigenvalue weighted by Crippen LogP contribution is 2.37. The minimum atomic E-state index is -1.09. The Balaban J connectivity index is 1.35. The minimum absolute atomic E-state index is 0.116. The molecule has 8 heteroatoms. The molecule has 2 aromatic carbocycles. The fraction of sp³-hybridized carbons (Fsp3) is 0.375. The highest BCUT2D eigenvalue weighted by molar-refractivity contribution is 7.18. The predicted octanol–water partition coefficient (Wildman–Crippen LogP) is 4.26. The number of amides is 3. The number of carbonyl (C=O) groups excluding carboxylic acids is 2. The third kappa shape index (κ3) is 3.53. The second-order valence-electron chi connectivity index (χ2n) is 8.38. The quantitative estimate of drug-likeness (QED) is 0.568. The molecular weight excluding hydrogens is 424 g/mol. The molecule has 0 saturated carbocycles. The third-order valence-electron chi connectivity index (χ3n) is 6.30. The Kier molecular flexibility index (Phi) is 5.35. The number of fused-ring (bicyclic) bond motifs is 1. The number of likely N-dealkylation sites (tertiary alicyclic amines) is 1. The number of hydrogen-bond acceptors (Lipinski definition) is 6. The molecule has 1 aromatic heterocycles. The number of hydrogen-bond donors (Lipinski definition) is 1. The molecule has 2 unspecified atom stereocenters. The van der Waals surface area contributed by atoms with Gasteiger partial charge in [0.1, 0.15) is 16.3 Å². The molecule has 7 nitrogen and oxygen atoms in total. The zero-order valence-electron chi connectivity index (χ0n) is 18.2. The number of benzene rings is 2. The summed E-state index contributed by atoms with van der Waals surface area (Å²) in [6.45, 7) is 5.35. The van der Waals surface area contributed by atoms with Crippen LogP contribution in [0.2, 0.25) is 0 Å². The summed E-state index contributed by atoms with van der Waals surface area (Å²) in [6.07, 6.45) is 1.99. The molecule has 0 aliphatic carbocycles. The fourth-order valence-electron chi connectivity index (χ4n) is 4.56. The Morgan fingerprint density at radius 3 is 2.72 bits per heavy atom. The van der Waals surface area contributed by atoms with Crippen LogP contribution in [0.25, 0.3) is 10.2 Å². The topological polar surface area (TPSA) is 74.8 Å². The Hall–Kier alpha value is -2.97. The van der Waals surface area contributed by atoms with Crippen molar-refractivity contribution in [2.75, 3.05) is 19.8 Å². The van der Waals surface area contributed by atoms with Crippen molar-refractivity contribution in [1.29, 1.82) is 0 Å². The van der Waals surface area contributed by atoms with E-state index in [1.165, 1.54) is 4.90 Å². The van der Waals surface area contributed by atoms with Gasteiger partial charge in [0, 0.05) is 6.54 Å². The van der Waals surface area contributed by atoms with E-state index in [9.17, 15) is 9.59 Å². The van der Waals surface area contributed by atoms with Gasteiger partial charge in [-0.15, -0.1) is 11.3 Å². The summed E-state index contributed by atoms with van der Waals surface area (Å²) in [4.78, 5) is 34.6. The number of nitrogens with zero attached hydrogens (tertiary/aromatic N) is 3. The van der Waals surface area contributed by atoms with Crippen LogP contribution in [0.3, 0.4) is 0 Å². The maximum atomic E-state index is 13.4. The molecule has 0 bridgehead atoms. The van der Waals surface area contributed by atoms with Crippen LogP contribution in [0, 0.1) is 0 Å². The van der Waals surface area contributed by atoms with Crippen molar-refractivity contribution in [3.05, 3.63) is 59.1 Å². The van der Waals surface area contributed by atoms with Gasteiger partial charge in [0.05, 0.1) is 29.5 Å². The van der Waals surface area contributed by atoms with Gasteiger partial charge in [0.25, 0.3) is 5.91 Å². The molecule has 2 fully saturated rings. The highest BCUT2D eigenvalue weighted by atomic mass is 32.1. The molecule has 2 atom stereocenters. The first-order valence-electron chi connectivity index (χ1n) is 11.0. The number of aromatic nitrogens is 1. The molecule has 0 spiro atoms. The van der Waals surface area contributed by atoms with E-state index in [1.807, 2.05) is 49.4 Å². The first-order chi connectivity index (χ1) is 15.5. The molecule has 0 radical (unpaired) electrons. The first-order valence-corrected chi connectivity index (χ1v) is 11.8. The summed E-state index contributed by atoms with van der Waals surface area (Å²) in [6, 6.07) is 15.2. The van der Waals surface area contributed by atoms with Gasteiger partial charge >= 0.3 is 6.03 Å². The summed E-state index contributed by atoms with van der Waals surface area (Å²) in [5.41, 5.74) is 0.649. The molecule has 2 aliphatic rings. The van der Waals surface area contributed by atoms with Gasteiger partial charge in [-0.1, -0.05) is 24.3 Å². The summed E-state index contributed by atoms with van der Waals surface area (Å²) < 4.78 is 6.66. The van der Waals surface area contributed by atoms with E-state index in [4.69, 9.17) is 9.72 Å². The van der Waals surface area contributed by atoms with Gasteiger partial charge in [-0.2, -0.15) is 0 Å². The van der Waals surface area contributed by atoms with Crippen LogP contribution < -0.4 is 10.1 Å². The van der Waals surface area contributed by atoms with Crippen molar-refractivity contribution in [2.24, 2.45) is 0 Å². The van der Waals surface area contributed by atoms with Crippen molar-refractivity contribution in [2.45, 2.75) is 38.3 Å². The third-order valence-corrected chi connectivity index (χ3v) is 7.44. The predicted molar refractivity (Wildman–Crippen MR) is 124 cm³/mol. The fourth-order valence-corrected chi connectivity index (χ4v) is 5.70. The van der Waals surface area contributed by atoms with E-state index < -0.39 is 5.54 Å². The lowest BCUT2D eigenvalue weighted by molar-refractivity contribution is -0.132. The van der Waals surface area contributed by atoms with E-state index in [2.05, 4.69) is 16.3 Å². The lowest BCUT2D eigenvalue weighted by Crippen LogP contribution is -2.43. The van der Waals surface area contributed by atoms with Gasteiger partial charge in [0.15, 0.2) is 0 Å². The molecule has 2 saturated heterocycles. The first kappa shape index (κ1) is 20.9. The minimum Gasteiger partial charge on any atom is -0.494 e. The van der Waals surface area contributed by atoms with Crippen molar-refractivity contribution >= 4 is 33.5 Å². The Labute approximate surface area is 191 Å². The molecule has 3 aromatic rings. The van der Waals surface area contributed by atoms with Crippen molar-refractivity contribution in [3.8, 4) is 5.75 Å². The van der Waals surface area contributed by atoms with Crippen LogP contribution in [0.1, 0.15) is 43.3 Å². The van der Waals surface area contributed by atoms with Crippen molar-refractivity contribution in [1.82, 2.24) is 20.1 Å². The number of rotatable bonds is 6.